The SMILES string of the molecule is CC(C)C(CNC(C)(C)C)Sc1nncn1C. The number of aryl methyl sites for hydroxylation is 1. The minimum Gasteiger partial charge on any atom is -0.312 e. The van der Waals surface area contributed by atoms with Gasteiger partial charge in [0, 0.05) is 24.4 Å². The van der Waals surface area contributed by atoms with Gasteiger partial charge in [-0.25, -0.2) is 0 Å². The second-order valence-electron chi connectivity index (χ2n) is 5.76. The molecule has 17 heavy (non-hydrogen) atoms. The molecule has 0 saturated heterocycles. The summed E-state index contributed by atoms with van der Waals surface area (Å²) in [5.41, 5.74) is 0.160. The molecule has 1 unspecified atom stereocenters. The zero-order chi connectivity index (χ0) is 13.1. The number of hydrogen-bond acceptors (Lipinski definition) is 4. The van der Waals surface area contributed by atoms with Crippen molar-refractivity contribution in [1.82, 2.24) is 20.1 Å². The summed E-state index contributed by atoms with van der Waals surface area (Å²) in [4.78, 5) is 0. The first kappa shape index (κ1) is 14.5. The first-order valence-corrected chi connectivity index (χ1v) is 6.93. The Kier molecular flexibility index (Phi) is 5.01. The Morgan fingerprint density at radius 2 is 2.06 bits per heavy atom. The molecule has 0 aliphatic rings. The smallest absolute Gasteiger partial charge is 0.191 e. The summed E-state index contributed by atoms with van der Waals surface area (Å²) >= 11 is 1.80. The van der Waals surface area contributed by atoms with Crippen LogP contribution in [0.1, 0.15) is 34.6 Å². The Morgan fingerprint density at radius 3 is 2.47 bits per heavy atom. The largest absolute Gasteiger partial charge is 0.312 e. The van der Waals surface area contributed by atoms with Gasteiger partial charge in [0.05, 0.1) is 0 Å². The number of nitrogens with one attached hydrogen (secondary N) is 1. The lowest BCUT2D eigenvalue weighted by Gasteiger charge is -2.26. The van der Waals surface area contributed by atoms with Crippen LogP contribution in [0.2, 0.25) is 0 Å². The summed E-state index contributed by atoms with van der Waals surface area (Å²) in [5, 5.41) is 13.1. The van der Waals surface area contributed by atoms with E-state index in [0.29, 0.717) is 11.2 Å². The second kappa shape index (κ2) is 5.87. The van der Waals surface area contributed by atoms with E-state index in [1.165, 1.54) is 0 Å². The lowest BCUT2D eigenvalue weighted by atomic mass is 10.1. The van der Waals surface area contributed by atoms with Gasteiger partial charge in [-0.1, -0.05) is 25.6 Å². The molecule has 1 aromatic heterocycles. The van der Waals surface area contributed by atoms with Crippen molar-refractivity contribution in [1.29, 1.82) is 0 Å². The van der Waals surface area contributed by atoms with E-state index in [2.05, 4.69) is 50.1 Å². The van der Waals surface area contributed by atoms with E-state index in [0.717, 1.165) is 11.7 Å². The van der Waals surface area contributed by atoms with Crippen molar-refractivity contribution >= 4 is 11.8 Å². The van der Waals surface area contributed by atoms with Gasteiger partial charge in [0.1, 0.15) is 6.33 Å². The van der Waals surface area contributed by atoms with E-state index in [1.807, 2.05) is 11.6 Å². The van der Waals surface area contributed by atoms with Crippen LogP contribution in [-0.4, -0.2) is 32.1 Å². The lowest BCUT2D eigenvalue weighted by molar-refractivity contribution is 0.407. The van der Waals surface area contributed by atoms with Crippen LogP contribution in [0.4, 0.5) is 0 Å². The van der Waals surface area contributed by atoms with Gasteiger partial charge in [-0.3, -0.25) is 0 Å². The van der Waals surface area contributed by atoms with Crippen molar-refractivity contribution in [3.63, 3.8) is 0 Å². The molecule has 1 rings (SSSR count). The maximum Gasteiger partial charge on any atom is 0.191 e. The summed E-state index contributed by atoms with van der Waals surface area (Å²) in [5.74, 6) is 0.603. The Balaban J connectivity index is 2.58. The molecule has 1 atom stereocenters. The zero-order valence-corrected chi connectivity index (χ0v) is 12.5. The average Bonchev–Trinajstić information content (AvgIpc) is 2.56. The molecule has 0 amide bonds. The van der Waals surface area contributed by atoms with E-state index >= 15 is 0 Å². The predicted octanol–water partition coefficient (Wildman–Crippen LogP) is 2.32. The molecule has 0 aliphatic carbocycles. The van der Waals surface area contributed by atoms with Crippen LogP contribution in [0, 0.1) is 5.92 Å². The molecule has 1 N–H and O–H groups in total. The fraction of sp³-hybridized carbons (Fsp3) is 0.833. The van der Waals surface area contributed by atoms with Crippen molar-refractivity contribution in [3.8, 4) is 0 Å². The van der Waals surface area contributed by atoms with Gasteiger partial charge in [-0.15, -0.1) is 10.2 Å². The highest BCUT2D eigenvalue weighted by atomic mass is 32.2. The summed E-state index contributed by atoms with van der Waals surface area (Å²) in [7, 11) is 1.98. The first-order chi connectivity index (χ1) is 7.79. The van der Waals surface area contributed by atoms with Gasteiger partial charge in [-0.2, -0.15) is 0 Å². The molecular formula is C12H24N4S. The third-order valence-corrected chi connectivity index (χ3v) is 4.10. The molecule has 0 saturated carbocycles. The standard InChI is InChI=1S/C12H24N4S/c1-9(2)10(7-13-12(3,4)5)17-11-15-14-8-16(11)6/h8-10,13H,7H2,1-6H3. The Labute approximate surface area is 109 Å². The molecule has 0 radical (unpaired) electrons. The van der Waals surface area contributed by atoms with Crippen LogP contribution in [0.25, 0.3) is 0 Å². The number of nitrogens with zero attached hydrogens (tertiary/aromatic N) is 3. The number of rotatable bonds is 5. The molecule has 98 valence electrons. The molecule has 0 spiro atoms. The third-order valence-electron chi connectivity index (χ3n) is 2.50. The molecule has 0 bridgehead atoms. The maximum atomic E-state index is 4.13. The van der Waals surface area contributed by atoms with Crippen LogP contribution in [0.15, 0.2) is 11.5 Å². The third kappa shape index (κ3) is 5.08. The highest BCUT2D eigenvalue weighted by Crippen LogP contribution is 2.25. The molecule has 1 heterocycles. The molecule has 4 nitrogen and oxygen atoms in total. The van der Waals surface area contributed by atoms with Gasteiger partial charge >= 0.3 is 0 Å². The monoisotopic (exact) mass is 256 g/mol. The Bertz CT molecular complexity index is 341. The van der Waals surface area contributed by atoms with E-state index in [4.69, 9.17) is 0 Å². The molecule has 0 fully saturated rings. The maximum absolute atomic E-state index is 4.13. The van der Waals surface area contributed by atoms with Crippen molar-refractivity contribution in [3.05, 3.63) is 6.33 Å². The molecule has 1 aromatic rings. The van der Waals surface area contributed by atoms with E-state index in [9.17, 15) is 0 Å². The molecular weight excluding hydrogens is 232 g/mol. The summed E-state index contributed by atoms with van der Waals surface area (Å²) < 4.78 is 1.97. The quantitative estimate of drug-likeness (QED) is 0.821. The fourth-order valence-corrected chi connectivity index (χ4v) is 2.35. The van der Waals surface area contributed by atoms with Crippen molar-refractivity contribution in [2.75, 3.05) is 6.54 Å². The minimum atomic E-state index is 0.160. The normalized spacial score (nSPS) is 14.3. The van der Waals surface area contributed by atoms with Crippen molar-refractivity contribution < 1.29 is 0 Å². The Morgan fingerprint density at radius 1 is 1.41 bits per heavy atom. The van der Waals surface area contributed by atoms with Gasteiger partial charge in [0.15, 0.2) is 5.16 Å². The zero-order valence-electron chi connectivity index (χ0n) is 11.7. The fourth-order valence-electron chi connectivity index (χ4n) is 1.33. The topological polar surface area (TPSA) is 42.7 Å². The predicted molar refractivity (Wildman–Crippen MR) is 73.2 cm³/mol. The van der Waals surface area contributed by atoms with Crippen molar-refractivity contribution in [2.24, 2.45) is 13.0 Å². The molecule has 0 aliphatic heterocycles. The van der Waals surface area contributed by atoms with Gasteiger partial charge in [0.25, 0.3) is 0 Å². The van der Waals surface area contributed by atoms with Gasteiger partial charge in [-0.05, 0) is 26.7 Å². The first-order valence-electron chi connectivity index (χ1n) is 6.05. The highest BCUT2D eigenvalue weighted by molar-refractivity contribution is 7.99. The van der Waals surface area contributed by atoms with E-state index < -0.39 is 0 Å². The van der Waals surface area contributed by atoms with E-state index in [-0.39, 0.29) is 5.54 Å². The number of thioether (sulfide) groups is 1. The van der Waals surface area contributed by atoms with Crippen LogP contribution in [-0.2, 0) is 7.05 Å². The van der Waals surface area contributed by atoms with Crippen LogP contribution in [0.3, 0.4) is 0 Å². The van der Waals surface area contributed by atoms with Crippen LogP contribution >= 0.6 is 11.8 Å². The molecule has 0 aromatic carbocycles. The lowest BCUT2D eigenvalue weighted by Crippen LogP contribution is -2.41. The second-order valence-corrected chi connectivity index (χ2v) is 6.96. The minimum absolute atomic E-state index is 0.160. The van der Waals surface area contributed by atoms with Crippen LogP contribution < -0.4 is 5.32 Å². The average molecular weight is 256 g/mol. The van der Waals surface area contributed by atoms with Gasteiger partial charge in [0.2, 0.25) is 0 Å². The molecule has 5 heteroatoms. The summed E-state index contributed by atoms with van der Waals surface area (Å²) in [6, 6.07) is 0. The number of hydrogen-bond donors (Lipinski definition) is 1. The number of aromatic nitrogens is 3. The van der Waals surface area contributed by atoms with Gasteiger partial charge < -0.3 is 9.88 Å². The summed E-state index contributed by atoms with van der Waals surface area (Å²) in [6.45, 7) is 12.1. The highest BCUT2D eigenvalue weighted by Gasteiger charge is 2.20. The van der Waals surface area contributed by atoms with Crippen molar-refractivity contribution in [2.45, 2.75) is 50.6 Å². The Hall–Kier alpha value is -0.550. The van der Waals surface area contributed by atoms with Crippen LogP contribution in [0.5, 0.6) is 0 Å². The summed E-state index contributed by atoms with van der Waals surface area (Å²) in [6.07, 6.45) is 1.75. The van der Waals surface area contributed by atoms with E-state index in [1.54, 1.807) is 18.1 Å².